The number of rotatable bonds is 1. The molecule has 2 heterocycles. The lowest BCUT2D eigenvalue weighted by Gasteiger charge is -2.08. The van der Waals surface area contributed by atoms with Gasteiger partial charge in [0.2, 0.25) is 0 Å². The van der Waals surface area contributed by atoms with Crippen molar-refractivity contribution in [2.75, 3.05) is 0 Å². The number of pyridine rings is 1. The molecule has 0 saturated carbocycles. The summed E-state index contributed by atoms with van der Waals surface area (Å²) in [7, 11) is 0. The van der Waals surface area contributed by atoms with E-state index in [4.69, 9.17) is 5.26 Å². The molecule has 0 aliphatic carbocycles. The lowest BCUT2D eigenvalue weighted by Crippen LogP contribution is -2.24. The minimum atomic E-state index is -4.99. The van der Waals surface area contributed by atoms with Gasteiger partial charge >= 0.3 is 6.18 Å². The highest BCUT2D eigenvalue weighted by Crippen LogP contribution is 2.28. The first kappa shape index (κ1) is 13.2. The van der Waals surface area contributed by atoms with Crippen LogP contribution < -0.4 is 0 Å². The SMILES string of the molecule is N#Cc1cc(C(=O)C(F)(F)F)n2c1ccc1ccccc12. The number of carbonyl (C=O) groups excluding carboxylic acids is 1. The summed E-state index contributed by atoms with van der Waals surface area (Å²) in [5.41, 5.74) is 0.215. The van der Waals surface area contributed by atoms with Gasteiger partial charge in [0.25, 0.3) is 5.78 Å². The van der Waals surface area contributed by atoms with Crippen LogP contribution in [0, 0.1) is 11.3 Å². The summed E-state index contributed by atoms with van der Waals surface area (Å²) in [6, 6.07) is 12.8. The molecule has 21 heavy (non-hydrogen) atoms. The van der Waals surface area contributed by atoms with Gasteiger partial charge in [-0.05, 0) is 23.6 Å². The highest BCUT2D eigenvalue weighted by Gasteiger charge is 2.41. The Balaban J connectivity index is 2.48. The van der Waals surface area contributed by atoms with Crippen LogP contribution in [0.25, 0.3) is 16.4 Å². The second-order valence-electron chi connectivity index (χ2n) is 4.49. The molecule has 0 bridgehead atoms. The molecule has 1 aromatic carbocycles. The van der Waals surface area contributed by atoms with E-state index >= 15 is 0 Å². The molecule has 3 aromatic rings. The maximum atomic E-state index is 12.7. The van der Waals surface area contributed by atoms with Gasteiger partial charge in [0, 0.05) is 0 Å². The van der Waals surface area contributed by atoms with Crippen molar-refractivity contribution in [2.24, 2.45) is 0 Å². The molecule has 0 atom stereocenters. The molecule has 0 amide bonds. The molecule has 6 heteroatoms. The van der Waals surface area contributed by atoms with Crippen LogP contribution in [0.15, 0.2) is 42.5 Å². The van der Waals surface area contributed by atoms with Gasteiger partial charge in [0.1, 0.15) is 11.8 Å². The number of aromatic nitrogens is 1. The lowest BCUT2D eigenvalue weighted by atomic mass is 10.2. The van der Waals surface area contributed by atoms with E-state index in [-0.39, 0.29) is 11.1 Å². The molecule has 0 aliphatic rings. The summed E-state index contributed by atoms with van der Waals surface area (Å²) in [4.78, 5) is 11.6. The first-order chi connectivity index (χ1) is 9.93. The van der Waals surface area contributed by atoms with E-state index in [9.17, 15) is 18.0 Å². The number of Topliss-reactive ketones (excluding diaryl/α,β-unsaturated/α-hetero) is 1. The highest BCUT2D eigenvalue weighted by molar-refractivity contribution is 6.02. The first-order valence-electron chi connectivity index (χ1n) is 5.98. The van der Waals surface area contributed by atoms with E-state index < -0.39 is 17.7 Å². The standard InChI is InChI=1S/C15H7F3N2O/c16-15(17,18)14(21)13-7-10(8-19)12-6-5-9-3-1-2-4-11(9)20(12)13/h1-7H. The number of para-hydroxylation sites is 1. The van der Waals surface area contributed by atoms with Crippen molar-refractivity contribution >= 4 is 22.2 Å². The average molecular weight is 288 g/mol. The molecular formula is C15H7F3N2O. The maximum Gasteiger partial charge on any atom is 0.456 e. The Bertz CT molecular complexity index is 916. The van der Waals surface area contributed by atoms with E-state index in [0.717, 1.165) is 6.07 Å². The number of carbonyl (C=O) groups is 1. The van der Waals surface area contributed by atoms with Gasteiger partial charge in [0.05, 0.1) is 16.6 Å². The smallest absolute Gasteiger partial charge is 0.305 e. The quantitative estimate of drug-likeness (QED) is 0.641. The van der Waals surface area contributed by atoms with Gasteiger partial charge in [-0.25, -0.2) is 0 Å². The molecule has 3 rings (SSSR count). The minimum absolute atomic E-state index is 0.0355. The van der Waals surface area contributed by atoms with Crippen LogP contribution in [-0.4, -0.2) is 16.4 Å². The van der Waals surface area contributed by atoms with Gasteiger partial charge in [0.15, 0.2) is 0 Å². The fraction of sp³-hybridized carbons (Fsp3) is 0.0667. The van der Waals surface area contributed by atoms with Gasteiger partial charge in [-0.1, -0.05) is 24.3 Å². The topological polar surface area (TPSA) is 45.3 Å². The summed E-state index contributed by atoms with van der Waals surface area (Å²) in [5.74, 6) is -1.96. The van der Waals surface area contributed by atoms with Crippen LogP contribution in [-0.2, 0) is 0 Å². The zero-order chi connectivity index (χ0) is 15.2. The van der Waals surface area contributed by atoms with Gasteiger partial charge in [-0.3, -0.25) is 4.79 Å². The third-order valence-corrected chi connectivity index (χ3v) is 3.25. The zero-order valence-electron chi connectivity index (χ0n) is 10.5. The molecule has 2 aromatic heterocycles. The summed E-state index contributed by atoms with van der Waals surface area (Å²) in [6.45, 7) is 0. The molecular weight excluding hydrogens is 281 g/mol. The highest BCUT2D eigenvalue weighted by atomic mass is 19.4. The number of hydrogen-bond donors (Lipinski definition) is 0. The Hall–Kier alpha value is -2.81. The van der Waals surface area contributed by atoms with Crippen molar-refractivity contribution in [3.05, 3.63) is 53.7 Å². The fourth-order valence-electron chi connectivity index (χ4n) is 2.35. The van der Waals surface area contributed by atoms with Gasteiger partial charge < -0.3 is 4.40 Å². The Morgan fingerprint density at radius 2 is 1.81 bits per heavy atom. The number of fused-ring (bicyclic) bond motifs is 3. The summed E-state index contributed by atoms with van der Waals surface area (Å²) < 4.78 is 39.4. The first-order valence-corrected chi connectivity index (χ1v) is 5.98. The normalized spacial score (nSPS) is 11.7. The number of alkyl halides is 3. The van der Waals surface area contributed by atoms with E-state index in [1.54, 1.807) is 30.3 Å². The zero-order valence-corrected chi connectivity index (χ0v) is 10.5. The Labute approximate surface area is 116 Å². The summed E-state index contributed by atoms with van der Waals surface area (Å²) in [5, 5.41) is 9.73. The number of halogens is 3. The minimum Gasteiger partial charge on any atom is -0.305 e. The van der Waals surface area contributed by atoms with Crippen LogP contribution >= 0.6 is 0 Å². The summed E-state index contributed by atoms with van der Waals surface area (Å²) >= 11 is 0. The Morgan fingerprint density at radius 3 is 2.48 bits per heavy atom. The van der Waals surface area contributed by atoms with Crippen LogP contribution in [0.1, 0.15) is 16.1 Å². The van der Waals surface area contributed by atoms with Crippen molar-refractivity contribution in [2.45, 2.75) is 6.18 Å². The predicted molar refractivity (Wildman–Crippen MR) is 70.0 cm³/mol. The molecule has 3 nitrogen and oxygen atoms in total. The largest absolute Gasteiger partial charge is 0.456 e. The molecule has 0 saturated heterocycles. The third-order valence-electron chi connectivity index (χ3n) is 3.25. The van der Waals surface area contributed by atoms with Gasteiger partial charge in [-0.2, -0.15) is 18.4 Å². The average Bonchev–Trinajstić information content (AvgIpc) is 2.84. The van der Waals surface area contributed by atoms with Crippen molar-refractivity contribution < 1.29 is 18.0 Å². The number of nitrogens with zero attached hydrogens (tertiary/aromatic N) is 2. The second-order valence-corrected chi connectivity index (χ2v) is 4.49. The molecule has 0 N–H and O–H groups in total. The number of benzene rings is 1. The van der Waals surface area contributed by atoms with E-state index in [2.05, 4.69) is 0 Å². The van der Waals surface area contributed by atoms with E-state index in [0.29, 0.717) is 10.9 Å². The monoisotopic (exact) mass is 288 g/mol. The molecule has 0 aliphatic heterocycles. The van der Waals surface area contributed by atoms with Crippen LogP contribution in [0.3, 0.4) is 0 Å². The van der Waals surface area contributed by atoms with Crippen molar-refractivity contribution in [3.8, 4) is 6.07 Å². The maximum absolute atomic E-state index is 12.7. The van der Waals surface area contributed by atoms with Crippen LogP contribution in [0.5, 0.6) is 0 Å². The lowest BCUT2D eigenvalue weighted by molar-refractivity contribution is -0.0888. The van der Waals surface area contributed by atoms with Crippen molar-refractivity contribution in [3.63, 3.8) is 0 Å². The number of nitriles is 1. The number of hydrogen-bond acceptors (Lipinski definition) is 2. The van der Waals surface area contributed by atoms with Crippen molar-refractivity contribution in [1.29, 1.82) is 5.26 Å². The van der Waals surface area contributed by atoms with Crippen LogP contribution in [0.4, 0.5) is 13.2 Å². The molecule has 0 fully saturated rings. The second kappa shape index (κ2) is 4.35. The molecule has 0 radical (unpaired) electrons. The van der Waals surface area contributed by atoms with Crippen LogP contribution in [0.2, 0.25) is 0 Å². The van der Waals surface area contributed by atoms with E-state index in [1.165, 1.54) is 10.5 Å². The third kappa shape index (κ3) is 1.94. The molecule has 0 spiro atoms. The Kier molecular flexibility index (Phi) is 2.73. The molecule has 0 unspecified atom stereocenters. The molecule has 104 valence electrons. The Morgan fingerprint density at radius 1 is 1.10 bits per heavy atom. The van der Waals surface area contributed by atoms with Crippen molar-refractivity contribution in [1.82, 2.24) is 4.40 Å². The fourth-order valence-corrected chi connectivity index (χ4v) is 2.35. The van der Waals surface area contributed by atoms with Gasteiger partial charge in [-0.15, -0.1) is 0 Å². The number of ketones is 1. The van der Waals surface area contributed by atoms with E-state index in [1.807, 2.05) is 6.07 Å². The predicted octanol–water partition coefficient (Wildman–Crippen LogP) is 3.71. The summed E-state index contributed by atoms with van der Waals surface area (Å²) in [6.07, 6.45) is -4.99.